The number of carbonyl (C=O) groups excluding carboxylic acids is 1. The minimum Gasteiger partial charge on any atom is -0.393 e. The van der Waals surface area contributed by atoms with Crippen molar-refractivity contribution in [1.29, 1.82) is 0 Å². The minimum absolute atomic E-state index is 0.0256. The van der Waals surface area contributed by atoms with Crippen LogP contribution >= 0.6 is 0 Å². The molecular weight excluding hydrogens is 220 g/mol. The molecule has 1 aliphatic heterocycles. The summed E-state index contributed by atoms with van der Waals surface area (Å²) in [5, 5.41) is 12.3. The van der Waals surface area contributed by atoms with Crippen LogP contribution in [0, 0.1) is 5.92 Å². The van der Waals surface area contributed by atoms with Crippen molar-refractivity contribution < 1.29 is 14.6 Å². The van der Waals surface area contributed by atoms with Gasteiger partial charge in [0.2, 0.25) is 5.91 Å². The first-order valence-corrected chi connectivity index (χ1v) is 6.50. The van der Waals surface area contributed by atoms with Crippen LogP contribution in [0.3, 0.4) is 0 Å². The third kappa shape index (κ3) is 3.40. The smallest absolute Gasteiger partial charge is 0.249 e. The standard InChI is InChI=1S/C12H22N2O3/c13-6-10-3-4-11(17-10)12(16)14-7-8-1-2-9(15)5-8/h8-11,15H,1-7,13H2,(H,14,16). The van der Waals surface area contributed by atoms with Crippen LogP contribution in [0.25, 0.3) is 0 Å². The SMILES string of the molecule is NCC1CCC(C(=O)NCC2CCC(O)C2)O1. The summed E-state index contributed by atoms with van der Waals surface area (Å²) in [5.74, 6) is 0.392. The quantitative estimate of drug-likeness (QED) is 0.636. The lowest BCUT2D eigenvalue weighted by Gasteiger charge is -2.15. The molecule has 5 nitrogen and oxygen atoms in total. The first-order chi connectivity index (χ1) is 8.19. The van der Waals surface area contributed by atoms with E-state index in [0.717, 1.165) is 32.1 Å². The molecule has 2 fully saturated rings. The fourth-order valence-electron chi connectivity index (χ4n) is 2.66. The molecule has 1 saturated heterocycles. The van der Waals surface area contributed by atoms with Gasteiger partial charge < -0.3 is 20.9 Å². The van der Waals surface area contributed by atoms with Crippen LogP contribution in [0.4, 0.5) is 0 Å². The van der Waals surface area contributed by atoms with Crippen molar-refractivity contribution in [2.45, 2.75) is 50.4 Å². The van der Waals surface area contributed by atoms with Crippen molar-refractivity contribution in [3.8, 4) is 0 Å². The summed E-state index contributed by atoms with van der Waals surface area (Å²) < 4.78 is 5.52. The highest BCUT2D eigenvalue weighted by molar-refractivity contribution is 5.81. The van der Waals surface area contributed by atoms with Crippen LogP contribution in [-0.2, 0) is 9.53 Å². The second kappa shape index (κ2) is 5.80. The number of hydrogen-bond donors (Lipinski definition) is 3. The maximum Gasteiger partial charge on any atom is 0.249 e. The molecule has 0 aromatic carbocycles. The number of nitrogens with one attached hydrogen (secondary N) is 1. The maximum absolute atomic E-state index is 11.8. The van der Waals surface area contributed by atoms with E-state index in [0.29, 0.717) is 19.0 Å². The van der Waals surface area contributed by atoms with E-state index in [1.54, 1.807) is 0 Å². The second-order valence-electron chi connectivity index (χ2n) is 5.14. The highest BCUT2D eigenvalue weighted by Crippen LogP contribution is 2.25. The van der Waals surface area contributed by atoms with Crippen molar-refractivity contribution in [2.75, 3.05) is 13.1 Å². The Morgan fingerprint density at radius 3 is 2.76 bits per heavy atom. The van der Waals surface area contributed by atoms with Crippen LogP contribution in [-0.4, -0.2) is 42.4 Å². The van der Waals surface area contributed by atoms with Gasteiger partial charge in [-0.25, -0.2) is 0 Å². The highest BCUT2D eigenvalue weighted by Gasteiger charge is 2.30. The van der Waals surface area contributed by atoms with Crippen molar-refractivity contribution >= 4 is 5.91 Å². The highest BCUT2D eigenvalue weighted by atomic mass is 16.5. The van der Waals surface area contributed by atoms with Crippen molar-refractivity contribution in [1.82, 2.24) is 5.32 Å². The Balaban J connectivity index is 1.67. The molecule has 1 saturated carbocycles. The summed E-state index contributed by atoms with van der Waals surface area (Å²) in [6.07, 6.45) is 3.83. The molecule has 0 radical (unpaired) electrons. The average Bonchev–Trinajstić information content (AvgIpc) is 2.94. The monoisotopic (exact) mass is 242 g/mol. The molecule has 0 bridgehead atoms. The molecule has 0 aromatic rings. The number of ether oxygens (including phenoxy) is 1. The third-order valence-corrected chi connectivity index (χ3v) is 3.74. The normalized spacial score (nSPS) is 37.3. The Kier molecular flexibility index (Phi) is 4.36. The van der Waals surface area contributed by atoms with Crippen LogP contribution in [0.2, 0.25) is 0 Å². The van der Waals surface area contributed by atoms with Gasteiger partial charge in [0.1, 0.15) is 6.10 Å². The lowest BCUT2D eigenvalue weighted by molar-refractivity contribution is -0.132. The summed E-state index contributed by atoms with van der Waals surface area (Å²) >= 11 is 0. The van der Waals surface area contributed by atoms with Gasteiger partial charge >= 0.3 is 0 Å². The van der Waals surface area contributed by atoms with Crippen molar-refractivity contribution in [3.63, 3.8) is 0 Å². The van der Waals surface area contributed by atoms with E-state index >= 15 is 0 Å². The average molecular weight is 242 g/mol. The number of rotatable bonds is 4. The Morgan fingerprint density at radius 2 is 2.18 bits per heavy atom. The molecule has 2 aliphatic rings. The first kappa shape index (κ1) is 12.8. The Bertz CT molecular complexity index is 272. The minimum atomic E-state index is -0.324. The summed E-state index contributed by atoms with van der Waals surface area (Å²) in [6.45, 7) is 1.14. The van der Waals surface area contributed by atoms with Gasteiger partial charge in [-0.05, 0) is 38.0 Å². The van der Waals surface area contributed by atoms with Crippen molar-refractivity contribution in [3.05, 3.63) is 0 Å². The predicted molar refractivity (Wildman–Crippen MR) is 63.3 cm³/mol. The molecule has 1 heterocycles. The van der Waals surface area contributed by atoms with E-state index in [2.05, 4.69) is 5.32 Å². The summed E-state index contributed by atoms with van der Waals surface area (Å²) in [6, 6.07) is 0. The van der Waals surface area contributed by atoms with E-state index in [1.807, 2.05) is 0 Å². The molecule has 0 spiro atoms. The van der Waals surface area contributed by atoms with Gasteiger partial charge in [0, 0.05) is 13.1 Å². The van der Waals surface area contributed by atoms with Crippen LogP contribution < -0.4 is 11.1 Å². The van der Waals surface area contributed by atoms with E-state index < -0.39 is 0 Å². The Morgan fingerprint density at radius 1 is 1.35 bits per heavy atom. The third-order valence-electron chi connectivity index (χ3n) is 3.74. The number of aliphatic hydroxyl groups is 1. The van der Waals surface area contributed by atoms with Crippen LogP contribution in [0.1, 0.15) is 32.1 Å². The molecule has 2 rings (SSSR count). The molecule has 1 aliphatic carbocycles. The van der Waals surface area contributed by atoms with Crippen LogP contribution in [0.5, 0.6) is 0 Å². The Hall–Kier alpha value is -0.650. The van der Waals surface area contributed by atoms with E-state index in [9.17, 15) is 9.90 Å². The molecule has 4 unspecified atom stereocenters. The molecule has 4 atom stereocenters. The predicted octanol–water partition coefficient (Wildman–Crippen LogP) is -0.230. The largest absolute Gasteiger partial charge is 0.393 e. The summed E-state index contributed by atoms with van der Waals surface area (Å²) in [5.41, 5.74) is 5.50. The van der Waals surface area contributed by atoms with Gasteiger partial charge in [0.05, 0.1) is 12.2 Å². The van der Waals surface area contributed by atoms with Gasteiger partial charge in [-0.2, -0.15) is 0 Å². The molecule has 98 valence electrons. The zero-order valence-corrected chi connectivity index (χ0v) is 10.1. The maximum atomic E-state index is 11.8. The molecular formula is C12H22N2O3. The number of hydrogen-bond acceptors (Lipinski definition) is 4. The van der Waals surface area contributed by atoms with Gasteiger partial charge in [-0.1, -0.05) is 0 Å². The van der Waals surface area contributed by atoms with Gasteiger partial charge in [-0.15, -0.1) is 0 Å². The zero-order chi connectivity index (χ0) is 12.3. The fraction of sp³-hybridized carbons (Fsp3) is 0.917. The Labute approximate surface area is 102 Å². The van der Waals surface area contributed by atoms with Crippen molar-refractivity contribution in [2.24, 2.45) is 11.7 Å². The lowest BCUT2D eigenvalue weighted by atomic mass is 10.1. The second-order valence-corrected chi connectivity index (χ2v) is 5.14. The fourth-order valence-corrected chi connectivity index (χ4v) is 2.66. The van der Waals surface area contributed by atoms with E-state index in [-0.39, 0.29) is 24.2 Å². The molecule has 4 N–H and O–H groups in total. The van der Waals surface area contributed by atoms with Gasteiger partial charge in [0.15, 0.2) is 0 Å². The number of nitrogens with two attached hydrogens (primary N) is 1. The molecule has 0 aromatic heterocycles. The summed E-state index contributed by atoms with van der Waals surface area (Å²) in [7, 11) is 0. The molecule has 5 heteroatoms. The zero-order valence-electron chi connectivity index (χ0n) is 10.1. The van der Waals surface area contributed by atoms with E-state index in [4.69, 9.17) is 10.5 Å². The topological polar surface area (TPSA) is 84.6 Å². The molecule has 1 amide bonds. The lowest BCUT2D eigenvalue weighted by Crippen LogP contribution is -2.37. The van der Waals surface area contributed by atoms with Gasteiger partial charge in [0.25, 0.3) is 0 Å². The summed E-state index contributed by atoms with van der Waals surface area (Å²) in [4.78, 5) is 11.8. The van der Waals surface area contributed by atoms with Gasteiger partial charge in [-0.3, -0.25) is 4.79 Å². The van der Waals surface area contributed by atoms with E-state index in [1.165, 1.54) is 0 Å². The first-order valence-electron chi connectivity index (χ1n) is 6.50. The number of carbonyl (C=O) groups is 1. The van der Waals surface area contributed by atoms with Crippen LogP contribution in [0.15, 0.2) is 0 Å². The number of aliphatic hydroxyl groups excluding tert-OH is 1. The molecule has 17 heavy (non-hydrogen) atoms. The number of amides is 1.